The van der Waals surface area contributed by atoms with Crippen molar-refractivity contribution in [1.29, 1.82) is 0 Å². The third-order valence-electron chi connectivity index (χ3n) is 5.04. The quantitative estimate of drug-likeness (QED) is 0.766. The number of carbonyl (C=O) groups is 1. The fourth-order valence-electron chi connectivity index (χ4n) is 3.34. The lowest BCUT2D eigenvalue weighted by Gasteiger charge is -2.30. The average molecular weight is 420 g/mol. The summed E-state index contributed by atoms with van der Waals surface area (Å²) in [7, 11) is -1.68. The molecule has 1 aromatic carbocycles. The van der Waals surface area contributed by atoms with Crippen LogP contribution in [-0.4, -0.2) is 56.0 Å². The maximum atomic E-state index is 11.5. The van der Waals surface area contributed by atoms with E-state index in [-0.39, 0.29) is 17.4 Å². The molecule has 29 heavy (non-hydrogen) atoms. The molecule has 0 radical (unpaired) electrons. The molecule has 1 aliphatic rings. The van der Waals surface area contributed by atoms with Gasteiger partial charge in [0.15, 0.2) is 9.84 Å². The van der Waals surface area contributed by atoms with Crippen molar-refractivity contribution in [3.63, 3.8) is 0 Å². The summed E-state index contributed by atoms with van der Waals surface area (Å²) in [4.78, 5) is 17.2. The number of hydrogen-bond acceptors (Lipinski definition) is 6. The zero-order valence-corrected chi connectivity index (χ0v) is 17.2. The number of methoxy groups -OCH3 is 1. The van der Waals surface area contributed by atoms with Crippen LogP contribution in [0.15, 0.2) is 41.4 Å². The van der Waals surface area contributed by atoms with Crippen LogP contribution in [0.4, 0.5) is 4.79 Å². The van der Waals surface area contributed by atoms with E-state index >= 15 is 0 Å². The Bertz CT molecular complexity index is 967. The minimum Gasteiger partial charge on any atom is -0.495 e. The van der Waals surface area contributed by atoms with Crippen molar-refractivity contribution in [3.05, 3.63) is 47.8 Å². The summed E-state index contributed by atoms with van der Waals surface area (Å²) in [5.41, 5.74) is 1.65. The van der Waals surface area contributed by atoms with Gasteiger partial charge in [-0.05, 0) is 54.7 Å². The van der Waals surface area contributed by atoms with E-state index in [4.69, 9.17) is 14.6 Å². The summed E-state index contributed by atoms with van der Waals surface area (Å²) in [6, 6.07) is 8.14. The highest BCUT2D eigenvalue weighted by atomic mass is 32.2. The number of pyridine rings is 1. The van der Waals surface area contributed by atoms with Crippen LogP contribution in [-0.2, 0) is 16.4 Å². The first-order valence-corrected chi connectivity index (χ1v) is 11.1. The number of piperidine rings is 1. The Morgan fingerprint density at radius 1 is 1.24 bits per heavy atom. The molecule has 1 N–H and O–H groups in total. The van der Waals surface area contributed by atoms with Crippen LogP contribution in [0.2, 0.25) is 0 Å². The largest absolute Gasteiger partial charge is 0.495 e. The van der Waals surface area contributed by atoms with Crippen LogP contribution in [0.25, 0.3) is 0 Å². The van der Waals surface area contributed by atoms with Gasteiger partial charge in [-0.3, -0.25) is 4.98 Å². The fraction of sp³-hybridized carbons (Fsp3) is 0.400. The van der Waals surface area contributed by atoms with Gasteiger partial charge in [0, 0.05) is 25.5 Å². The highest BCUT2D eigenvalue weighted by molar-refractivity contribution is 7.90. The van der Waals surface area contributed by atoms with Crippen LogP contribution in [0, 0.1) is 0 Å². The summed E-state index contributed by atoms with van der Waals surface area (Å²) in [6.07, 6.45) is 3.57. The number of sulfone groups is 1. The number of hydrogen-bond donors (Lipinski definition) is 1. The second kappa shape index (κ2) is 8.69. The van der Waals surface area contributed by atoms with Crippen molar-refractivity contribution in [3.8, 4) is 11.5 Å². The lowest BCUT2D eigenvalue weighted by Crippen LogP contribution is -2.36. The van der Waals surface area contributed by atoms with E-state index in [0.29, 0.717) is 30.3 Å². The van der Waals surface area contributed by atoms with Crippen molar-refractivity contribution in [1.82, 2.24) is 9.88 Å². The Kier molecular flexibility index (Phi) is 6.26. The number of likely N-dealkylation sites (tertiary alicyclic amines) is 1. The summed E-state index contributed by atoms with van der Waals surface area (Å²) < 4.78 is 34.2. The highest BCUT2D eigenvalue weighted by Crippen LogP contribution is 2.31. The van der Waals surface area contributed by atoms with Crippen molar-refractivity contribution >= 4 is 15.9 Å². The number of nitrogens with zero attached hydrogens (tertiary/aromatic N) is 2. The second-order valence-electron chi connectivity index (χ2n) is 6.99. The van der Waals surface area contributed by atoms with Gasteiger partial charge in [-0.25, -0.2) is 13.2 Å². The summed E-state index contributed by atoms with van der Waals surface area (Å²) in [5.74, 6) is 1.38. The van der Waals surface area contributed by atoms with E-state index in [1.54, 1.807) is 25.4 Å². The SMILES string of the molecule is COc1cc(C2CCN(C(=O)O)CC2)cnc1COc1ccc(S(C)(=O)=O)cc1. The van der Waals surface area contributed by atoms with E-state index < -0.39 is 15.9 Å². The second-order valence-corrected chi connectivity index (χ2v) is 9.01. The van der Waals surface area contributed by atoms with Crippen LogP contribution >= 0.6 is 0 Å². The van der Waals surface area contributed by atoms with E-state index in [2.05, 4.69) is 4.98 Å². The zero-order valence-electron chi connectivity index (χ0n) is 16.4. The summed E-state index contributed by atoms with van der Waals surface area (Å²) >= 11 is 0. The Hall–Kier alpha value is -2.81. The third kappa shape index (κ3) is 5.17. The number of rotatable bonds is 6. The van der Waals surface area contributed by atoms with Crippen molar-refractivity contribution in [2.75, 3.05) is 26.5 Å². The minimum absolute atomic E-state index is 0.180. The minimum atomic E-state index is -3.24. The molecule has 1 saturated heterocycles. The van der Waals surface area contributed by atoms with Gasteiger partial charge < -0.3 is 19.5 Å². The molecule has 0 atom stereocenters. The van der Waals surface area contributed by atoms with Crippen molar-refractivity contribution < 1.29 is 27.8 Å². The molecule has 0 saturated carbocycles. The molecule has 1 aromatic heterocycles. The fourth-order valence-corrected chi connectivity index (χ4v) is 3.97. The molecule has 0 unspecified atom stereocenters. The first-order valence-electron chi connectivity index (χ1n) is 9.21. The van der Waals surface area contributed by atoms with Gasteiger partial charge in [0.25, 0.3) is 0 Å². The molecule has 2 aromatic rings. The lowest BCUT2D eigenvalue weighted by atomic mass is 9.90. The smallest absolute Gasteiger partial charge is 0.407 e. The lowest BCUT2D eigenvalue weighted by molar-refractivity contribution is 0.132. The Morgan fingerprint density at radius 3 is 2.45 bits per heavy atom. The first-order chi connectivity index (χ1) is 13.8. The maximum absolute atomic E-state index is 11.5. The molecule has 1 aliphatic heterocycles. The maximum Gasteiger partial charge on any atom is 0.407 e. The zero-order chi connectivity index (χ0) is 21.0. The molecule has 1 fully saturated rings. The van der Waals surface area contributed by atoms with Crippen LogP contribution < -0.4 is 9.47 Å². The standard InChI is InChI=1S/C20H24N2O6S/c1-27-19-11-15(14-7-9-22(10-8-14)20(23)24)12-21-18(19)13-28-16-3-5-17(6-4-16)29(2,25)26/h3-6,11-12,14H,7-10,13H2,1-2H3,(H,23,24). The van der Waals surface area contributed by atoms with Gasteiger partial charge in [0.2, 0.25) is 0 Å². The van der Waals surface area contributed by atoms with E-state index in [0.717, 1.165) is 24.7 Å². The van der Waals surface area contributed by atoms with E-state index in [1.165, 1.54) is 17.0 Å². The van der Waals surface area contributed by atoms with E-state index in [1.807, 2.05) is 6.07 Å². The van der Waals surface area contributed by atoms with Crippen LogP contribution in [0.3, 0.4) is 0 Å². The predicted molar refractivity (Wildman–Crippen MR) is 106 cm³/mol. The molecule has 0 aliphatic carbocycles. The summed E-state index contributed by atoms with van der Waals surface area (Å²) in [6.45, 7) is 1.20. The monoisotopic (exact) mass is 420 g/mol. The van der Waals surface area contributed by atoms with E-state index in [9.17, 15) is 13.2 Å². The third-order valence-corrected chi connectivity index (χ3v) is 6.16. The molecule has 3 rings (SSSR count). The Balaban J connectivity index is 1.66. The van der Waals surface area contributed by atoms with Gasteiger partial charge >= 0.3 is 6.09 Å². The molecule has 8 nitrogen and oxygen atoms in total. The van der Waals surface area contributed by atoms with Gasteiger partial charge in [0.05, 0.1) is 12.0 Å². The molecule has 156 valence electrons. The molecule has 1 amide bonds. The summed E-state index contributed by atoms with van der Waals surface area (Å²) in [5, 5.41) is 9.07. The average Bonchev–Trinajstić information content (AvgIpc) is 2.72. The number of aromatic nitrogens is 1. The number of amides is 1. The van der Waals surface area contributed by atoms with Crippen molar-refractivity contribution in [2.24, 2.45) is 0 Å². The van der Waals surface area contributed by atoms with Gasteiger partial charge in [0.1, 0.15) is 23.8 Å². The van der Waals surface area contributed by atoms with Crippen LogP contribution in [0.1, 0.15) is 30.0 Å². The molecular formula is C20H24N2O6S. The number of benzene rings is 1. The topological polar surface area (TPSA) is 106 Å². The van der Waals surface area contributed by atoms with Gasteiger partial charge in [-0.15, -0.1) is 0 Å². The van der Waals surface area contributed by atoms with Crippen molar-refractivity contribution in [2.45, 2.75) is 30.3 Å². The molecule has 9 heteroatoms. The van der Waals surface area contributed by atoms with Gasteiger partial charge in [-0.2, -0.15) is 0 Å². The Morgan fingerprint density at radius 2 is 1.90 bits per heavy atom. The molecule has 2 heterocycles. The predicted octanol–water partition coefficient (Wildman–Crippen LogP) is 2.93. The van der Waals surface area contributed by atoms with Gasteiger partial charge in [-0.1, -0.05) is 0 Å². The molecule has 0 spiro atoms. The number of carboxylic acid groups (broad SMARTS) is 1. The first kappa shape index (κ1) is 20.9. The molecule has 0 bridgehead atoms. The molecular weight excluding hydrogens is 396 g/mol. The normalized spacial score (nSPS) is 15.2. The van der Waals surface area contributed by atoms with Crippen LogP contribution in [0.5, 0.6) is 11.5 Å². The highest BCUT2D eigenvalue weighted by Gasteiger charge is 2.24. The Labute approximate surface area is 170 Å². The number of ether oxygens (including phenoxy) is 2.